The van der Waals surface area contributed by atoms with Crippen LogP contribution in [0, 0.1) is 0 Å². The van der Waals surface area contributed by atoms with Gasteiger partial charge in [-0.05, 0) is 67.4 Å². The maximum Gasteiger partial charge on any atom is 0.344 e. The van der Waals surface area contributed by atoms with Crippen molar-refractivity contribution in [3.05, 3.63) is 103 Å². The standard InChI is InChI=1S/C29H24Cl3NO5S/c1-3-36-23-14-18(13-22(32)27(23)38-16-17-10-11-20(30)21(31)12-17)15-24-26(34)25(29(35)37-4-2)28(39-24)33-19-8-6-5-7-9-19/h5-15,34H,3-4,16H2,1-2H3/b24-15-,33-28?. The van der Waals surface area contributed by atoms with Crippen molar-refractivity contribution < 1.29 is 24.1 Å². The van der Waals surface area contributed by atoms with Crippen molar-refractivity contribution in [1.29, 1.82) is 0 Å². The van der Waals surface area contributed by atoms with Gasteiger partial charge in [0.2, 0.25) is 0 Å². The zero-order valence-corrected chi connectivity index (χ0v) is 24.1. The Balaban J connectivity index is 1.67. The third kappa shape index (κ3) is 7.11. The van der Waals surface area contributed by atoms with Crippen LogP contribution >= 0.6 is 46.6 Å². The zero-order valence-electron chi connectivity index (χ0n) is 21.0. The number of esters is 1. The molecule has 0 bridgehead atoms. The molecule has 1 N–H and O–H groups in total. The molecule has 202 valence electrons. The van der Waals surface area contributed by atoms with Crippen molar-refractivity contribution in [2.75, 3.05) is 13.2 Å². The molecule has 0 radical (unpaired) electrons. The lowest BCUT2D eigenvalue weighted by Gasteiger charge is -2.15. The van der Waals surface area contributed by atoms with Gasteiger partial charge in [0.25, 0.3) is 0 Å². The summed E-state index contributed by atoms with van der Waals surface area (Å²) in [7, 11) is 0. The minimum Gasteiger partial charge on any atom is -0.506 e. The van der Waals surface area contributed by atoms with E-state index in [1.165, 1.54) is 0 Å². The molecule has 0 unspecified atom stereocenters. The quantitative estimate of drug-likeness (QED) is 0.246. The number of ether oxygens (including phenoxy) is 3. The number of benzene rings is 3. The van der Waals surface area contributed by atoms with Gasteiger partial charge in [-0.1, -0.05) is 70.8 Å². The minimum atomic E-state index is -0.653. The Morgan fingerprint density at radius 1 is 0.949 bits per heavy atom. The van der Waals surface area contributed by atoms with E-state index < -0.39 is 5.97 Å². The second kappa shape index (κ2) is 13.3. The molecular weight excluding hydrogens is 581 g/mol. The van der Waals surface area contributed by atoms with Crippen LogP contribution in [0.25, 0.3) is 6.08 Å². The molecule has 6 nitrogen and oxygen atoms in total. The molecule has 1 aliphatic heterocycles. The van der Waals surface area contributed by atoms with E-state index in [0.29, 0.717) is 54.4 Å². The van der Waals surface area contributed by atoms with Crippen molar-refractivity contribution in [3.8, 4) is 11.5 Å². The molecule has 0 saturated carbocycles. The van der Waals surface area contributed by atoms with Crippen LogP contribution in [0.2, 0.25) is 15.1 Å². The molecule has 1 heterocycles. The van der Waals surface area contributed by atoms with Gasteiger partial charge in [-0.15, -0.1) is 0 Å². The van der Waals surface area contributed by atoms with Gasteiger partial charge >= 0.3 is 5.97 Å². The Kier molecular flexibility index (Phi) is 9.86. The molecule has 3 aromatic carbocycles. The summed E-state index contributed by atoms with van der Waals surface area (Å²) in [5.41, 5.74) is 2.09. The number of halogens is 3. The molecule has 0 spiro atoms. The summed E-state index contributed by atoms with van der Waals surface area (Å²) in [6.45, 7) is 4.28. The molecule has 4 rings (SSSR count). The number of carbonyl (C=O) groups excluding carboxylic acids is 1. The Bertz CT molecular complexity index is 1470. The molecule has 0 fully saturated rings. The lowest BCUT2D eigenvalue weighted by atomic mass is 10.1. The number of rotatable bonds is 9. The molecule has 0 atom stereocenters. The molecule has 0 saturated heterocycles. The second-order valence-corrected chi connectivity index (χ2v) is 10.4. The highest BCUT2D eigenvalue weighted by Crippen LogP contribution is 2.43. The molecule has 10 heteroatoms. The van der Waals surface area contributed by atoms with Crippen LogP contribution in [-0.4, -0.2) is 29.3 Å². The Labute approximate surface area is 245 Å². The molecule has 1 aliphatic rings. The first kappa shape index (κ1) is 28.9. The molecule has 0 aliphatic carbocycles. The van der Waals surface area contributed by atoms with E-state index in [1.807, 2.05) is 31.2 Å². The maximum absolute atomic E-state index is 12.7. The first-order valence-corrected chi connectivity index (χ1v) is 13.9. The van der Waals surface area contributed by atoms with E-state index in [2.05, 4.69) is 4.99 Å². The Morgan fingerprint density at radius 3 is 2.41 bits per heavy atom. The third-order valence-corrected chi connectivity index (χ3v) is 7.39. The average molecular weight is 605 g/mol. The van der Waals surface area contributed by atoms with E-state index in [4.69, 9.17) is 49.0 Å². The number of para-hydroxylation sites is 1. The Morgan fingerprint density at radius 2 is 1.72 bits per heavy atom. The van der Waals surface area contributed by atoms with Crippen LogP contribution in [0.5, 0.6) is 11.5 Å². The fourth-order valence-electron chi connectivity index (χ4n) is 3.62. The van der Waals surface area contributed by atoms with Gasteiger partial charge in [0.15, 0.2) is 11.5 Å². The summed E-state index contributed by atoms with van der Waals surface area (Å²) < 4.78 is 17.0. The van der Waals surface area contributed by atoms with Crippen LogP contribution < -0.4 is 9.47 Å². The van der Waals surface area contributed by atoms with E-state index >= 15 is 0 Å². The predicted molar refractivity (Wildman–Crippen MR) is 159 cm³/mol. The SMILES string of the molecule is CCOC(=O)C1=C(O)/C(=C/c2cc(Cl)c(OCc3ccc(Cl)c(Cl)c3)c(OCC)c2)SC1=Nc1ccccc1. The summed E-state index contributed by atoms with van der Waals surface area (Å²) in [5.74, 6) is -0.0851. The van der Waals surface area contributed by atoms with E-state index in [1.54, 1.807) is 49.4 Å². The van der Waals surface area contributed by atoms with Crippen molar-refractivity contribution in [3.63, 3.8) is 0 Å². The van der Waals surface area contributed by atoms with Crippen LogP contribution in [-0.2, 0) is 16.1 Å². The van der Waals surface area contributed by atoms with Crippen LogP contribution in [0.4, 0.5) is 5.69 Å². The van der Waals surface area contributed by atoms with Gasteiger partial charge in [-0.2, -0.15) is 0 Å². The monoisotopic (exact) mass is 603 g/mol. The fraction of sp³-hybridized carbons (Fsp3) is 0.172. The molecular formula is C29H24Cl3NO5S. The summed E-state index contributed by atoms with van der Waals surface area (Å²) in [4.78, 5) is 17.7. The van der Waals surface area contributed by atoms with Crippen molar-refractivity contribution in [1.82, 2.24) is 0 Å². The number of aliphatic imine (C=N–C) groups is 1. The third-order valence-electron chi connectivity index (χ3n) is 5.35. The highest BCUT2D eigenvalue weighted by Gasteiger charge is 2.33. The normalized spacial score (nSPS) is 15.2. The van der Waals surface area contributed by atoms with Gasteiger partial charge in [0.1, 0.15) is 23.0 Å². The molecule has 39 heavy (non-hydrogen) atoms. The highest BCUT2D eigenvalue weighted by atomic mass is 35.5. The highest BCUT2D eigenvalue weighted by molar-refractivity contribution is 8.18. The number of aliphatic hydroxyl groups is 1. The fourth-order valence-corrected chi connectivity index (χ4v) is 5.25. The van der Waals surface area contributed by atoms with Gasteiger partial charge < -0.3 is 19.3 Å². The lowest BCUT2D eigenvalue weighted by Crippen LogP contribution is -2.12. The summed E-state index contributed by atoms with van der Waals surface area (Å²) in [6.07, 6.45) is 1.70. The van der Waals surface area contributed by atoms with Crippen molar-refractivity contribution in [2.45, 2.75) is 20.5 Å². The van der Waals surface area contributed by atoms with Gasteiger partial charge in [-0.3, -0.25) is 0 Å². The lowest BCUT2D eigenvalue weighted by molar-refractivity contribution is -0.138. The van der Waals surface area contributed by atoms with Gasteiger partial charge in [0.05, 0.1) is 38.9 Å². The smallest absolute Gasteiger partial charge is 0.344 e. The van der Waals surface area contributed by atoms with Crippen LogP contribution in [0.3, 0.4) is 0 Å². The van der Waals surface area contributed by atoms with Crippen LogP contribution in [0.1, 0.15) is 25.0 Å². The average Bonchev–Trinajstić information content (AvgIpc) is 3.20. The number of aliphatic hydroxyl groups excluding tert-OH is 1. The molecule has 3 aromatic rings. The largest absolute Gasteiger partial charge is 0.506 e. The Hall–Kier alpha value is -3.10. The number of hydrogen-bond donors (Lipinski definition) is 1. The van der Waals surface area contributed by atoms with Crippen LogP contribution in [0.15, 0.2) is 81.9 Å². The van der Waals surface area contributed by atoms with Gasteiger partial charge in [-0.25, -0.2) is 9.79 Å². The summed E-state index contributed by atoms with van der Waals surface area (Å²) in [6, 6.07) is 17.8. The predicted octanol–water partition coefficient (Wildman–Crippen LogP) is 8.82. The van der Waals surface area contributed by atoms with Crippen molar-refractivity contribution >= 4 is 69.3 Å². The van der Waals surface area contributed by atoms with Gasteiger partial charge in [0, 0.05) is 0 Å². The topological polar surface area (TPSA) is 77.4 Å². The number of nitrogens with zero attached hydrogens (tertiary/aromatic N) is 1. The summed E-state index contributed by atoms with van der Waals surface area (Å²) in [5, 5.41) is 12.5. The number of hydrogen-bond acceptors (Lipinski definition) is 7. The first-order chi connectivity index (χ1) is 18.8. The minimum absolute atomic E-state index is 0.00894. The molecule has 0 amide bonds. The van der Waals surface area contributed by atoms with Crippen molar-refractivity contribution in [2.24, 2.45) is 4.99 Å². The maximum atomic E-state index is 12.7. The second-order valence-electron chi connectivity index (χ2n) is 8.11. The van der Waals surface area contributed by atoms with E-state index in [0.717, 1.165) is 17.3 Å². The zero-order chi connectivity index (χ0) is 27.9. The first-order valence-electron chi connectivity index (χ1n) is 12.0. The number of thioether (sulfide) groups is 1. The van der Waals surface area contributed by atoms with E-state index in [-0.39, 0.29) is 24.5 Å². The van der Waals surface area contributed by atoms with E-state index in [9.17, 15) is 9.90 Å². The molecule has 0 aromatic heterocycles. The summed E-state index contributed by atoms with van der Waals surface area (Å²) >= 11 is 19.9. The number of carbonyl (C=O) groups is 1.